The van der Waals surface area contributed by atoms with Gasteiger partial charge in [0.25, 0.3) is 0 Å². The van der Waals surface area contributed by atoms with Gasteiger partial charge in [0.15, 0.2) is 0 Å². The first-order valence-corrected chi connectivity index (χ1v) is 7.42. The van der Waals surface area contributed by atoms with Gasteiger partial charge in [0.2, 0.25) is 0 Å². The standard InChI is InChI=1S/C15H21ClN2O/c1-9(17)10-2-4-14(13(16)6-10)18-7-11-3-5-15(19)12(11)8-18/h2,4,6,9,11-12,15,19H,3,5,7-8,17H2,1H3/t9-,11?,12?,15?/m0/s1. The topological polar surface area (TPSA) is 49.5 Å². The molecule has 1 saturated carbocycles. The van der Waals surface area contributed by atoms with Crippen LogP contribution in [0, 0.1) is 11.8 Å². The van der Waals surface area contributed by atoms with Gasteiger partial charge in [-0.1, -0.05) is 17.7 Å². The number of nitrogens with two attached hydrogens (primary N) is 1. The van der Waals surface area contributed by atoms with Crippen molar-refractivity contribution in [2.45, 2.75) is 31.9 Å². The van der Waals surface area contributed by atoms with Crippen molar-refractivity contribution in [3.05, 3.63) is 28.8 Å². The summed E-state index contributed by atoms with van der Waals surface area (Å²) < 4.78 is 0. The van der Waals surface area contributed by atoms with Gasteiger partial charge in [-0.3, -0.25) is 0 Å². The maximum Gasteiger partial charge on any atom is 0.0642 e. The zero-order valence-electron chi connectivity index (χ0n) is 11.2. The molecule has 1 saturated heterocycles. The normalized spacial score (nSPS) is 31.6. The fourth-order valence-electron chi connectivity index (χ4n) is 3.50. The third-order valence-corrected chi connectivity index (χ3v) is 4.96. The summed E-state index contributed by atoms with van der Waals surface area (Å²) in [5.74, 6) is 1.04. The Bertz CT molecular complexity index is 477. The molecule has 1 aromatic carbocycles. The lowest BCUT2D eigenvalue weighted by atomic mass is 10.00. The molecule has 2 fully saturated rings. The molecule has 3 unspecified atom stereocenters. The minimum atomic E-state index is -0.128. The molecule has 0 bridgehead atoms. The van der Waals surface area contributed by atoms with Gasteiger partial charge in [-0.2, -0.15) is 0 Å². The number of halogens is 1. The van der Waals surface area contributed by atoms with E-state index in [1.165, 1.54) is 0 Å². The molecule has 1 aliphatic heterocycles. The van der Waals surface area contributed by atoms with Crippen LogP contribution in [0.4, 0.5) is 5.69 Å². The van der Waals surface area contributed by atoms with Crippen molar-refractivity contribution in [3.63, 3.8) is 0 Å². The summed E-state index contributed by atoms with van der Waals surface area (Å²) in [5.41, 5.74) is 8.01. The summed E-state index contributed by atoms with van der Waals surface area (Å²) in [7, 11) is 0. The van der Waals surface area contributed by atoms with Crippen LogP contribution in [-0.4, -0.2) is 24.3 Å². The largest absolute Gasteiger partial charge is 0.393 e. The summed E-state index contributed by atoms with van der Waals surface area (Å²) in [5, 5.41) is 10.7. The first-order chi connectivity index (χ1) is 9.06. The minimum absolute atomic E-state index is 0.00586. The van der Waals surface area contributed by atoms with Crippen LogP contribution in [0.15, 0.2) is 18.2 Å². The van der Waals surface area contributed by atoms with Crippen molar-refractivity contribution in [3.8, 4) is 0 Å². The molecule has 3 nitrogen and oxygen atoms in total. The van der Waals surface area contributed by atoms with Gasteiger partial charge < -0.3 is 15.7 Å². The number of fused-ring (bicyclic) bond motifs is 1. The number of hydrogen-bond acceptors (Lipinski definition) is 3. The molecule has 0 amide bonds. The smallest absolute Gasteiger partial charge is 0.0642 e. The van der Waals surface area contributed by atoms with Gasteiger partial charge in [0.05, 0.1) is 16.8 Å². The second-order valence-corrected chi connectivity index (χ2v) is 6.38. The van der Waals surface area contributed by atoms with E-state index in [1.54, 1.807) is 0 Å². The van der Waals surface area contributed by atoms with Crippen molar-refractivity contribution in [2.75, 3.05) is 18.0 Å². The molecule has 3 rings (SSSR count). The number of anilines is 1. The Morgan fingerprint density at radius 2 is 2.16 bits per heavy atom. The second kappa shape index (κ2) is 4.97. The molecule has 4 heteroatoms. The van der Waals surface area contributed by atoms with Crippen LogP contribution in [-0.2, 0) is 0 Å². The Morgan fingerprint density at radius 1 is 1.37 bits per heavy atom. The number of hydrogen-bond donors (Lipinski definition) is 2. The van der Waals surface area contributed by atoms with Crippen LogP contribution < -0.4 is 10.6 Å². The highest BCUT2D eigenvalue weighted by atomic mass is 35.5. The summed E-state index contributed by atoms with van der Waals surface area (Å²) in [6.45, 7) is 3.89. The Balaban J connectivity index is 1.80. The highest BCUT2D eigenvalue weighted by Gasteiger charge is 2.42. The fraction of sp³-hybridized carbons (Fsp3) is 0.600. The Kier molecular flexibility index (Phi) is 3.46. The Labute approximate surface area is 119 Å². The van der Waals surface area contributed by atoms with Crippen LogP contribution >= 0.6 is 11.6 Å². The van der Waals surface area contributed by atoms with Crippen LogP contribution in [0.1, 0.15) is 31.4 Å². The summed E-state index contributed by atoms with van der Waals surface area (Å²) >= 11 is 6.39. The summed E-state index contributed by atoms with van der Waals surface area (Å²) in [6, 6.07) is 6.09. The average Bonchev–Trinajstić information content (AvgIpc) is 2.92. The van der Waals surface area contributed by atoms with E-state index < -0.39 is 0 Å². The van der Waals surface area contributed by atoms with E-state index >= 15 is 0 Å². The lowest BCUT2D eigenvalue weighted by Gasteiger charge is -2.22. The average molecular weight is 281 g/mol. The highest BCUT2D eigenvalue weighted by molar-refractivity contribution is 6.33. The lowest BCUT2D eigenvalue weighted by Crippen LogP contribution is -2.24. The third kappa shape index (κ3) is 2.35. The monoisotopic (exact) mass is 280 g/mol. The van der Waals surface area contributed by atoms with Crippen LogP contribution in [0.3, 0.4) is 0 Å². The van der Waals surface area contributed by atoms with Crippen molar-refractivity contribution < 1.29 is 5.11 Å². The molecule has 0 radical (unpaired) electrons. The van der Waals surface area contributed by atoms with Crippen LogP contribution in [0.25, 0.3) is 0 Å². The molecular formula is C15H21ClN2O. The van der Waals surface area contributed by atoms with Gasteiger partial charge in [-0.15, -0.1) is 0 Å². The van der Waals surface area contributed by atoms with Crippen molar-refractivity contribution >= 4 is 17.3 Å². The predicted octanol–water partition coefficient (Wildman–Crippen LogP) is 2.57. The molecule has 0 spiro atoms. The first kappa shape index (κ1) is 13.2. The van der Waals surface area contributed by atoms with Crippen molar-refractivity contribution in [1.82, 2.24) is 0 Å². The first-order valence-electron chi connectivity index (χ1n) is 7.04. The number of rotatable bonds is 2. The molecule has 1 aliphatic carbocycles. The quantitative estimate of drug-likeness (QED) is 0.875. The zero-order valence-corrected chi connectivity index (χ0v) is 12.0. The number of aliphatic hydroxyl groups excluding tert-OH is 1. The summed E-state index contributed by atoms with van der Waals surface area (Å²) in [4.78, 5) is 2.31. The molecule has 104 valence electrons. The molecule has 4 atom stereocenters. The fourth-order valence-corrected chi connectivity index (χ4v) is 3.80. The van der Waals surface area contributed by atoms with E-state index in [0.717, 1.165) is 42.2 Å². The van der Waals surface area contributed by atoms with Crippen LogP contribution in [0.2, 0.25) is 5.02 Å². The maximum absolute atomic E-state index is 9.97. The van der Waals surface area contributed by atoms with Crippen molar-refractivity contribution in [1.29, 1.82) is 0 Å². The highest BCUT2D eigenvalue weighted by Crippen LogP contribution is 2.41. The SMILES string of the molecule is C[C@H](N)c1ccc(N2CC3CCC(O)C3C2)c(Cl)c1. The van der Waals surface area contributed by atoms with Gasteiger partial charge in [-0.25, -0.2) is 0 Å². The maximum atomic E-state index is 9.97. The molecular weight excluding hydrogens is 260 g/mol. The minimum Gasteiger partial charge on any atom is -0.393 e. The van der Waals surface area contributed by atoms with E-state index in [2.05, 4.69) is 17.0 Å². The molecule has 3 N–H and O–H groups in total. The second-order valence-electron chi connectivity index (χ2n) is 5.97. The lowest BCUT2D eigenvalue weighted by molar-refractivity contribution is 0.133. The van der Waals surface area contributed by atoms with Gasteiger partial charge in [-0.05, 0) is 43.4 Å². The number of benzene rings is 1. The van der Waals surface area contributed by atoms with Gasteiger partial charge in [0, 0.05) is 25.0 Å². The molecule has 1 heterocycles. The molecule has 2 aliphatic rings. The van der Waals surface area contributed by atoms with E-state index in [4.69, 9.17) is 17.3 Å². The number of nitrogens with zero attached hydrogens (tertiary/aromatic N) is 1. The van der Waals surface area contributed by atoms with Crippen molar-refractivity contribution in [2.24, 2.45) is 17.6 Å². The number of aliphatic hydroxyl groups is 1. The van der Waals surface area contributed by atoms with E-state index in [0.29, 0.717) is 11.8 Å². The zero-order chi connectivity index (χ0) is 13.6. The molecule has 1 aromatic rings. The van der Waals surface area contributed by atoms with Crippen LogP contribution in [0.5, 0.6) is 0 Å². The van der Waals surface area contributed by atoms with Gasteiger partial charge in [0.1, 0.15) is 0 Å². The third-order valence-electron chi connectivity index (χ3n) is 4.66. The Hall–Kier alpha value is -0.770. The predicted molar refractivity (Wildman–Crippen MR) is 78.5 cm³/mol. The summed E-state index contributed by atoms with van der Waals surface area (Å²) in [6.07, 6.45) is 1.97. The molecule has 19 heavy (non-hydrogen) atoms. The van der Waals surface area contributed by atoms with E-state index in [-0.39, 0.29) is 12.1 Å². The molecule has 0 aromatic heterocycles. The van der Waals surface area contributed by atoms with E-state index in [1.807, 2.05) is 13.0 Å². The van der Waals surface area contributed by atoms with E-state index in [9.17, 15) is 5.11 Å². The van der Waals surface area contributed by atoms with Gasteiger partial charge >= 0.3 is 0 Å². The Morgan fingerprint density at radius 3 is 2.79 bits per heavy atom.